The standard InChI is InChI=1S/C12H18ClFN2O3S/c1-3-4-5-8-6-16-10(11(17)7(2)14)12(9(8)13)20(15,18)19/h6-7,11,17H,3-5H2,1-2H3,(H2,15,18,19). The summed E-state index contributed by atoms with van der Waals surface area (Å²) in [5, 5.41) is 14.7. The molecule has 8 heteroatoms. The summed E-state index contributed by atoms with van der Waals surface area (Å²) in [6.45, 7) is 3.07. The maximum absolute atomic E-state index is 13.2. The molecule has 0 saturated carbocycles. The third kappa shape index (κ3) is 3.88. The van der Waals surface area contributed by atoms with Crippen molar-refractivity contribution < 1.29 is 17.9 Å². The van der Waals surface area contributed by atoms with Gasteiger partial charge in [-0.2, -0.15) is 0 Å². The number of aromatic nitrogens is 1. The van der Waals surface area contributed by atoms with E-state index >= 15 is 0 Å². The minimum Gasteiger partial charge on any atom is -0.384 e. The van der Waals surface area contributed by atoms with E-state index in [-0.39, 0.29) is 10.7 Å². The highest BCUT2D eigenvalue weighted by Crippen LogP contribution is 2.32. The first-order valence-electron chi connectivity index (χ1n) is 6.22. The molecule has 1 aromatic rings. The Hall–Kier alpha value is -0.760. The van der Waals surface area contributed by atoms with Crippen LogP contribution in [-0.2, 0) is 16.4 Å². The van der Waals surface area contributed by atoms with Crippen LogP contribution in [0.1, 0.15) is 44.1 Å². The topological polar surface area (TPSA) is 93.3 Å². The zero-order valence-corrected chi connectivity index (χ0v) is 12.9. The Labute approximate surface area is 123 Å². The average Bonchev–Trinajstić information content (AvgIpc) is 2.34. The van der Waals surface area contributed by atoms with Gasteiger partial charge in [-0.05, 0) is 25.3 Å². The summed E-state index contributed by atoms with van der Waals surface area (Å²) < 4.78 is 36.5. The molecule has 20 heavy (non-hydrogen) atoms. The maximum atomic E-state index is 13.2. The second-order valence-corrected chi connectivity index (χ2v) is 6.46. The third-order valence-electron chi connectivity index (χ3n) is 2.87. The molecule has 0 saturated heterocycles. The van der Waals surface area contributed by atoms with Crippen LogP contribution in [-0.4, -0.2) is 24.7 Å². The predicted octanol–water partition coefficient (Wildman–Crippen LogP) is 2.12. The van der Waals surface area contributed by atoms with Gasteiger partial charge < -0.3 is 5.11 Å². The fourth-order valence-electron chi connectivity index (χ4n) is 1.76. The number of rotatable bonds is 6. The van der Waals surface area contributed by atoms with E-state index < -0.39 is 27.2 Å². The Morgan fingerprint density at radius 2 is 2.15 bits per heavy atom. The molecule has 0 aliphatic heterocycles. The molecule has 1 heterocycles. The Morgan fingerprint density at radius 3 is 2.60 bits per heavy atom. The average molecular weight is 325 g/mol. The molecule has 1 rings (SSSR count). The smallest absolute Gasteiger partial charge is 0.241 e. The lowest BCUT2D eigenvalue weighted by Crippen LogP contribution is -2.21. The van der Waals surface area contributed by atoms with Crippen LogP contribution in [0.2, 0.25) is 5.02 Å². The first kappa shape index (κ1) is 17.3. The van der Waals surface area contributed by atoms with Crippen molar-refractivity contribution in [2.45, 2.75) is 50.3 Å². The van der Waals surface area contributed by atoms with E-state index in [1.165, 1.54) is 6.20 Å². The normalized spacial score (nSPS) is 15.1. The molecular weight excluding hydrogens is 307 g/mol. The summed E-state index contributed by atoms with van der Waals surface area (Å²) >= 11 is 6.05. The second-order valence-electron chi connectivity index (χ2n) is 4.58. The fourth-order valence-corrected chi connectivity index (χ4v) is 3.17. The molecule has 0 aliphatic carbocycles. The minimum atomic E-state index is -4.21. The van der Waals surface area contributed by atoms with Gasteiger partial charge in [0.2, 0.25) is 10.0 Å². The summed E-state index contributed by atoms with van der Waals surface area (Å²) in [5.74, 6) is 0. The monoisotopic (exact) mass is 324 g/mol. The third-order valence-corrected chi connectivity index (χ3v) is 4.40. The molecule has 0 fully saturated rings. The quantitative estimate of drug-likeness (QED) is 0.838. The van der Waals surface area contributed by atoms with Crippen LogP contribution in [0.3, 0.4) is 0 Å². The van der Waals surface area contributed by atoms with Crippen LogP contribution in [0.5, 0.6) is 0 Å². The second kappa shape index (κ2) is 6.80. The highest BCUT2D eigenvalue weighted by atomic mass is 35.5. The van der Waals surface area contributed by atoms with Crippen LogP contribution in [0.4, 0.5) is 4.39 Å². The first-order valence-corrected chi connectivity index (χ1v) is 8.14. The summed E-state index contributed by atoms with van der Waals surface area (Å²) in [6, 6.07) is 0. The van der Waals surface area contributed by atoms with E-state index in [1.54, 1.807) is 0 Å². The largest absolute Gasteiger partial charge is 0.384 e. The van der Waals surface area contributed by atoms with Crippen molar-refractivity contribution in [2.24, 2.45) is 5.14 Å². The Kier molecular flexibility index (Phi) is 5.88. The van der Waals surface area contributed by atoms with Gasteiger partial charge in [0.05, 0.1) is 10.7 Å². The Bertz CT molecular complexity index is 578. The Balaban J connectivity index is 3.45. The number of nitrogens with two attached hydrogens (primary N) is 1. The number of unbranched alkanes of at least 4 members (excludes halogenated alkanes) is 1. The van der Waals surface area contributed by atoms with Gasteiger partial charge in [-0.15, -0.1) is 0 Å². The number of alkyl halides is 1. The number of nitrogens with zero attached hydrogens (tertiary/aromatic N) is 1. The molecule has 2 atom stereocenters. The lowest BCUT2D eigenvalue weighted by Gasteiger charge is -2.17. The van der Waals surface area contributed by atoms with Gasteiger partial charge in [-0.1, -0.05) is 24.9 Å². The maximum Gasteiger partial charge on any atom is 0.241 e. The highest BCUT2D eigenvalue weighted by Gasteiger charge is 2.29. The van der Waals surface area contributed by atoms with Crippen molar-refractivity contribution in [1.29, 1.82) is 0 Å². The molecular formula is C12H18ClFN2O3S. The molecule has 5 nitrogen and oxygen atoms in total. The van der Waals surface area contributed by atoms with E-state index in [2.05, 4.69) is 4.98 Å². The minimum absolute atomic E-state index is 0.0920. The van der Waals surface area contributed by atoms with Crippen LogP contribution >= 0.6 is 11.6 Å². The van der Waals surface area contributed by atoms with Gasteiger partial charge >= 0.3 is 0 Å². The number of pyridine rings is 1. The number of sulfonamides is 1. The number of hydrogen-bond acceptors (Lipinski definition) is 4. The van der Waals surface area contributed by atoms with Crippen molar-refractivity contribution >= 4 is 21.6 Å². The van der Waals surface area contributed by atoms with Crippen molar-refractivity contribution in [3.05, 3.63) is 22.5 Å². The molecule has 0 amide bonds. The molecule has 2 unspecified atom stereocenters. The fraction of sp³-hybridized carbons (Fsp3) is 0.583. The van der Waals surface area contributed by atoms with Crippen LogP contribution < -0.4 is 5.14 Å². The van der Waals surface area contributed by atoms with Crippen molar-refractivity contribution in [2.75, 3.05) is 0 Å². The summed E-state index contributed by atoms with van der Waals surface area (Å²) in [6.07, 6.45) is 0.196. The number of halogens is 2. The molecule has 0 radical (unpaired) electrons. The van der Waals surface area contributed by atoms with Crippen LogP contribution in [0, 0.1) is 0 Å². The molecule has 1 aromatic heterocycles. The van der Waals surface area contributed by atoms with Gasteiger partial charge in [0.1, 0.15) is 17.2 Å². The van der Waals surface area contributed by atoms with Crippen LogP contribution in [0.25, 0.3) is 0 Å². The summed E-state index contributed by atoms with van der Waals surface area (Å²) in [5.41, 5.74) is 0.160. The van der Waals surface area contributed by atoms with Crippen LogP contribution in [0.15, 0.2) is 11.1 Å². The van der Waals surface area contributed by atoms with Gasteiger partial charge in [-0.25, -0.2) is 17.9 Å². The molecule has 0 spiro atoms. The Morgan fingerprint density at radius 1 is 1.55 bits per heavy atom. The first-order chi connectivity index (χ1) is 9.20. The highest BCUT2D eigenvalue weighted by molar-refractivity contribution is 7.89. The number of aliphatic hydroxyl groups excluding tert-OH is 1. The molecule has 114 valence electrons. The van der Waals surface area contributed by atoms with Gasteiger partial charge in [0.25, 0.3) is 0 Å². The van der Waals surface area contributed by atoms with Gasteiger partial charge in [0, 0.05) is 6.20 Å². The van der Waals surface area contributed by atoms with Crippen molar-refractivity contribution in [3.63, 3.8) is 0 Å². The van der Waals surface area contributed by atoms with Gasteiger partial charge in [0.15, 0.2) is 0 Å². The lowest BCUT2D eigenvalue weighted by molar-refractivity contribution is 0.0821. The summed E-state index contributed by atoms with van der Waals surface area (Å²) in [7, 11) is -4.21. The van der Waals surface area contributed by atoms with Crippen molar-refractivity contribution in [1.82, 2.24) is 4.98 Å². The lowest BCUT2D eigenvalue weighted by atomic mass is 10.1. The van der Waals surface area contributed by atoms with E-state index in [1.807, 2.05) is 6.92 Å². The SMILES string of the molecule is CCCCc1cnc(C(O)C(C)F)c(S(N)(=O)=O)c1Cl. The number of primary sulfonamides is 1. The molecule has 0 aromatic carbocycles. The van der Waals surface area contributed by atoms with E-state index in [9.17, 15) is 17.9 Å². The molecule has 0 bridgehead atoms. The number of aryl methyl sites for hydroxylation is 1. The number of hydrogen-bond donors (Lipinski definition) is 2. The zero-order chi connectivity index (χ0) is 15.5. The zero-order valence-electron chi connectivity index (χ0n) is 11.3. The number of aliphatic hydroxyl groups is 1. The molecule has 3 N–H and O–H groups in total. The van der Waals surface area contributed by atoms with E-state index in [0.29, 0.717) is 12.0 Å². The van der Waals surface area contributed by atoms with E-state index in [0.717, 1.165) is 19.8 Å². The predicted molar refractivity (Wildman–Crippen MR) is 74.8 cm³/mol. The molecule has 0 aliphatic rings. The van der Waals surface area contributed by atoms with E-state index in [4.69, 9.17) is 16.7 Å². The van der Waals surface area contributed by atoms with Gasteiger partial charge in [-0.3, -0.25) is 4.98 Å². The summed E-state index contributed by atoms with van der Waals surface area (Å²) in [4.78, 5) is 3.35. The van der Waals surface area contributed by atoms with Crippen molar-refractivity contribution in [3.8, 4) is 0 Å².